The number of carbonyl (C=O) groups excluding carboxylic acids is 1. The fraction of sp³-hybridized carbons (Fsp3) is 0.941. The van der Waals surface area contributed by atoms with E-state index in [0.29, 0.717) is 12.5 Å². The van der Waals surface area contributed by atoms with Crippen molar-refractivity contribution in [2.24, 2.45) is 0 Å². The van der Waals surface area contributed by atoms with Gasteiger partial charge in [-0.05, 0) is 19.8 Å². The van der Waals surface area contributed by atoms with Crippen molar-refractivity contribution in [3.05, 3.63) is 0 Å². The van der Waals surface area contributed by atoms with Gasteiger partial charge in [0.05, 0.1) is 18.8 Å². The fourth-order valence-corrected chi connectivity index (χ4v) is 2.57. The highest BCUT2D eigenvalue weighted by Gasteiger charge is 2.37. The molecule has 1 saturated heterocycles. The molecule has 0 amide bonds. The number of ether oxygens (including phenoxy) is 2. The maximum atomic E-state index is 11.4. The van der Waals surface area contributed by atoms with Crippen LogP contribution in [0, 0.1) is 0 Å². The largest absolute Gasteiger partial charge is 0.460 e. The number of hydrogen-bond acceptors (Lipinski definition) is 4. The number of aliphatic hydroxyl groups is 1. The van der Waals surface area contributed by atoms with Crippen LogP contribution in [0.25, 0.3) is 0 Å². The zero-order valence-corrected chi connectivity index (χ0v) is 13.7. The van der Waals surface area contributed by atoms with Crippen molar-refractivity contribution in [3.63, 3.8) is 0 Å². The van der Waals surface area contributed by atoms with Crippen LogP contribution < -0.4 is 0 Å². The van der Waals surface area contributed by atoms with Crippen LogP contribution in [-0.2, 0) is 14.3 Å². The van der Waals surface area contributed by atoms with Crippen LogP contribution in [-0.4, -0.2) is 36.0 Å². The predicted molar refractivity (Wildman–Crippen MR) is 83.1 cm³/mol. The number of aliphatic hydroxyl groups excluding tert-OH is 1. The average Bonchev–Trinajstić information content (AvgIpc) is 3.22. The second-order valence-corrected chi connectivity index (χ2v) is 6.14. The molecule has 1 rings (SSSR count). The third-order valence-electron chi connectivity index (χ3n) is 4.00. The van der Waals surface area contributed by atoms with Crippen molar-refractivity contribution in [2.45, 2.75) is 96.4 Å². The summed E-state index contributed by atoms with van der Waals surface area (Å²) in [5.41, 5.74) is 0. The molecule has 0 bridgehead atoms. The topological polar surface area (TPSA) is 59.1 Å². The number of unbranched alkanes of at least 4 members (excludes halogenated alkanes) is 6. The zero-order chi connectivity index (χ0) is 15.5. The van der Waals surface area contributed by atoms with Gasteiger partial charge in [-0.15, -0.1) is 0 Å². The van der Waals surface area contributed by atoms with E-state index in [2.05, 4.69) is 6.92 Å². The van der Waals surface area contributed by atoms with Gasteiger partial charge in [0.25, 0.3) is 0 Å². The van der Waals surface area contributed by atoms with Gasteiger partial charge in [0.2, 0.25) is 0 Å². The van der Waals surface area contributed by atoms with Gasteiger partial charge in [0, 0.05) is 6.42 Å². The second-order valence-electron chi connectivity index (χ2n) is 6.14. The molecule has 0 aromatic heterocycles. The van der Waals surface area contributed by atoms with Crippen LogP contribution in [0.4, 0.5) is 0 Å². The monoisotopic (exact) mass is 300 g/mol. The first-order chi connectivity index (χ1) is 10.2. The molecular formula is C17H32O4. The zero-order valence-electron chi connectivity index (χ0n) is 13.7. The van der Waals surface area contributed by atoms with Gasteiger partial charge in [-0.25, -0.2) is 0 Å². The van der Waals surface area contributed by atoms with E-state index in [1.807, 2.05) is 0 Å². The van der Waals surface area contributed by atoms with Crippen molar-refractivity contribution in [1.82, 2.24) is 0 Å². The van der Waals surface area contributed by atoms with Gasteiger partial charge >= 0.3 is 5.97 Å². The van der Waals surface area contributed by atoms with Crippen LogP contribution in [0.2, 0.25) is 0 Å². The molecule has 1 heterocycles. The van der Waals surface area contributed by atoms with E-state index in [4.69, 9.17) is 14.6 Å². The van der Waals surface area contributed by atoms with Crippen molar-refractivity contribution in [3.8, 4) is 0 Å². The van der Waals surface area contributed by atoms with Gasteiger partial charge in [0.1, 0.15) is 6.10 Å². The molecule has 0 aromatic carbocycles. The summed E-state index contributed by atoms with van der Waals surface area (Å²) in [5, 5.41) is 8.80. The molecule has 0 spiro atoms. The first-order valence-corrected chi connectivity index (χ1v) is 8.63. The molecule has 124 valence electrons. The molecule has 3 atom stereocenters. The van der Waals surface area contributed by atoms with Crippen LogP contribution in [0.15, 0.2) is 0 Å². The van der Waals surface area contributed by atoms with E-state index in [1.165, 1.54) is 44.9 Å². The quantitative estimate of drug-likeness (QED) is 0.321. The van der Waals surface area contributed by atoms with E-state index in [0.717, 1.165) is 12.8 Å². The second kappa shape index (κ2) is 11.0. The Bertz CT molecular complexity index is 280. The molecule has 0 radical (unpaired) electrons. The molecule has 0 aliphatic carbocycles. The van der Waals surface area contributed by atoms with Gasteiger partial charge < -0.3 is 14.6 Å². The van der Waals surface area contributed by atoms with Crippen molar-refractivity contribution in [1.29, 1.82) is 0 Å². The number of epoxide rings is 1. The highest BCUT2D eigenvalue weighted by molar-refractivity contribution is 5.69. The van der Waals surface area contributed by atoms with Gasteiger partial charge in [0.15, 0.2) is 0 Å². The van der Waals surface area contributed by atoms with Gasteiger partial charge in [-0.2, -0.15) is 0 Å². The number of carbonyl (C=O) groups is 1. The molecule has 1 fully saturated rings. The Balaban J connectivity index is 1.89. The number of esters is 1. The third kappa shape index (κ3) is 9.10. The summed E-state index contributed by atoms with van der Waals surface area (Å²) in [6.07, 6.45) is 11.7. The van der Waals surface area contributed by atoms with Crippen molar-refractivity contribution in [2.75, 3.05) is 6.61 Å². The Morgan fingerprint density at radius 3 is 2.38 bits per heavy atom. The van der Waals surface area contributed by atoms with Crippen molar-refractivity contribution >= 4 is 5.97 Å². The lowest BCUT2D eigenvalue weighted by Crippen LogP contribution is -2.18. The first-order valence-electron chi connectivity index (χ1n) is 8.63. The predicted octanol–water partition coefficient (Wildman–Crippen LogP) is 3.60. The van der Waals surface area contributed by atoms with Crippen LogP contribution in [0.3, 0.4) is 0 Å². The molecular weight excluding hydrogens is 268 g/mol. The summed E-state index contributed by atoms with van der Waals surface area (Å²) in [6.45, 7) is 3.81. The third-order valence-corrected chi connectivity index (χ3v) is 4.00. The van der Waals surface area contributed by atoms with Crippen LogP contribution in [0.1, 0.15) is 78.1 Å². The standard InChI is InChI=1S/C17H32O4/c1-3-4-5-6-7-8-9-10-15-16(21-15)11-12-17(19)20-14(2)13-18/h14-16,18H,3-13H2,1-2H3. The molecule has 21 heavy (non-hydrogen) atoms. The van der Waals surface area contributed by atoms with Crippen molar-refractivity contribution < 1.29 is 19.4 Å². The normalized spacial score (nSPS) is 22.0. The summed E-state index contributed by atoms with van der Waals surface area (Å²) in [5.74, 6) is -0.235. The Kier molecular flexibility index (Phi) is 9.68. The lowest BCUT2D eigenvalue weighted by molar-refractivity contribution is -0.150. The van der Waals surface area contributed by atoms with Crippen LogP contribution >= 0.6 is 0 Å². The van der Waals surface area contributed by atoms with Gasteiger partial charge in [-0.1, -0.05) is 51.9 Å². The summed E-state index contributed by atoms with van der Waals surface area (Å²) in [6, 6.07) is 0. The van der Waals surface area contributed by atoms with E-state index in [9.17, 15) is 4.79 Å². The number of hydrogen-bond donors (Lipinski definition) is 1. The molecule has 1 N–H and O–H groups in total. The molecule has 1 aliphatic heterocycles. The minimum Gasteiger partial charge on any atom is -0.460 e. The van der Waals surface area contributed by atoms with Crippen LogP contribution in [0.5, 0.6) is 0 Å². The lowest BCUT2D eigenvalue weighted by Gasteiger charge is -2.09. The Labute approximate surface area is 129 Å². The maximum Gasteiger partial charge on any atom is 0.306 e. The summed E-state index contributed by atoms with van der Waals surface area (Å²) in [7, 11) is 0. The average molecular weight is 300 g/mol. The molecule has 3 unspecified atom stereocenters. The minimum absolute atomic E-state index is 0.119. The van der Waals surface area contributed by atoms with E-state index in [1.54, 1.807) is 6.92 Å². The first kappa shape index (κ1) is 18.4. The maximum absolute atomic E-state index is 11.4. The molecule has 1 aliphatic rings. The highest BCUT2D eigenvalue weighted by atomic mass is 16.6. The Hall–Kier alpha value is -0.610. The Morgan fingerprint density at radius 2 is 1.71 bits per heavy atom. The molecule has 0 saturated carbocycles. The molecule has 4 heteroatoms. The molecule has 0 aromatic rings. The minimum atomic E-state index is -0.402. The van der Waals surface area contributed by atoms with E-state index < -0.39 is 6.10 Å². The molecule has 4 nitrogen and oxygen atoms in total. The van der Waals surface area contributed by atoms with E-state index >= 15 is 0 Å². The van der Waals surface area contributed by atoms with Gasteiger partial charge in [-0.3, -0.25) is 4.79 Å². The summed E-state index contributed by atoms with van der Waals surface area (Å²) in [4.78, 5) is 11.4. The fourth-order valence-electron chi connectivity index (χ4n) is 2.57. The highest BCUT2D eigenvalue weighted by Crippen LogP contribution is 2.31. The SMILES string of the molecule is CCCCCCCCCC1OC1CCC(=O)OC(C)CO. The summed E-state index contributed by atoms with van der Waals surface area (Å²) >= 11 is 0. The smallest absolute Gasteiger partial charge is 0.306 e. The van der Waals surface area contributed by atoms with E-state index in [-0.39, 0.29) is 18.7 Å². The lowest BCUT2D eigenvalue weighted by atomic mass is 10.1. The summed E-state index contributed by atoms with van der Waals surface area (Å²) < 4.78 is 10.6. The Morgan fingerprint density at radius 1 is 1.10 bits per heavy atom. The number of rotatable bonds is 13.